The van der Waals surface area contributed by atoms with E-state index in [2.05, 4.69) is 27.8 Å². The van der Waals surface area contributed by atoms with E-state index >= 15 is 0 Å². The highest BCUT2D eigenvalue weighted by atomic mass is 15.4. The van der Waals surface area contributed by atoms with Gasteiger partial charge in [0.1, 0.15) is 0 Å². The SMILES string of the molecule is C1=CN2C1C1CNCNC12. The Kier molecular flexibility index (Phi) is 0.796. The van der Waals surface area contributed by atoms with E-state index in [1.54, 1.807) is 0 Å². The van der Waals surface area contributed by atoms with Gasteiger partial charge in [-0.25, -0.2) is 0 Å². The van der Waals surface area contributed by atoms with Crippen LogP contribution in [0, 0.1) is 5.92 Å². The first-order valence-electron chi connectivity index (χ1n) is 3.87. The standard InChI is InChI=1S/C7H11N3/c1-2-10-6(1)5-3-8-4-9-7(5)10/h1-2,5-9H,3-4H2. The fraction of sp³-hybridized carbons (Fsp3) is 0.714. The van der Waals surface area contributed by atoms with Crippen LogP contribution in [0.25, 0.3) is 0 Å². The zero-order valence-corrected chi connectivity index (χ0v) is 5.75. The minimum Gasteiger partial charge on any atom is -0.355 e. The third kappa shape index (κ3) is 0.413. The molecule has 3 atom stereocenters. The summed E-state index contributed by atoms with van der Waals surface area (Å²) in [6.45, 7) is 2.15. The Labute approximate surface area is 60.1 Å². The van der Waals surface area contributed by atoms with Crippen LogP contribution in [0.2, 0.25) is 0 Å². The van der Waals surface area contributed by atoms with E-state index in [0.717, 1.165) is 18.6 Å². The van der Waals surface area contributed by atoms with Gasteiger partial charge in [0.05, 0.1) is 12.2 Å². The van der Waals surface area contributed by atoms with Gasteiger partial charge in [0, 0.05) is 19.1 Å². The molecule has 0 aromatic carbocycles. The van der Waals surface area contributed by atoms with E-state index in [-0.39, 0.29) is 0 Å². The monoisotopic (exact) mass is 137 g/mol. The molecule has 3 rings (SSSR count). The molecule has 0 bridgehead atoms. The molecule has 0 aromatic rings. The van der Waals surface area contributed by atoms with Crippen molar-refractivity contribution in [1.29, 1.82) is 0 Å². The van der Waals surface area contributed by atoms with Crippen molar-refractivity contribution < 1.29 is 0 Å². The average molecular weight is 137 g/mol. The second-order valence-corrected chi connectivity index (χ2v) is 3.22. The molecule has 0 radical (unpaired) electrons. The van der Waals surface area contributed by atoms with Gasteiger partial charge in [0.2, 0.25) is 0 Å². The van der Waals surface area contributed by atoms with E-state index < -0.39 is 0 Å². The summed E-state index contributed by atoms with van der Waals surface area (Å²) in [7, 11) is 0. The van der Waals surface area contributed by atoms with E-state index in [9.17, 15) is 0 Å². The maximum atomic E-state index is 3.41. The number of fused-ring (bicyclic) bond motifs is 4. The Hall–Kier alpha value is -0.540. The normalized spacial score (nSPS) is 48.8. The molecule has 3 heteroatoms. The molecular formula is C7H11N3. The van der Waals surface area contributed by atoms with Crippen LogP contribution in [0.5, 0.6) is 0 Å². The van der Waals surface area contributed by atoms with Gasteiger partial charge in [0.25, 0.3) is 0 Å². The van der Waals surface area contributed by atoms with Crippen molar-refractivity contribution in [2.75, 3.05) is 13.2 Å². The Morgan fingerprint density at radius 2 is 2.50 bits per heavy atom. The van der Waals surface area contributed by atoms with Gasteiger partial charge >= 0.3 is 0 Å². The van der Waals surface area contributed by atoms with Crippen LogP contribution < -0.4 is 10.6 Å². The number of nitrogens with zero attached hydrogens (tertiary/aromatic N) is 1. The molecule has 0 aromatic heterocycles. The summed E-state index contributed by atoms with van der Waals surface area (Å²) in [5.74, 6) is 0.832. The maximum absolute atomic E-state index is 3.41. The fourth-order valence-corrected chi connectivity index (χ4v) is 2.14. The number of hydrogen-bond acceptors (Lipinski definition) is 3. The number of nitrogens with one attached hydrogen (secondary N) is 2. The lowest BCUT2D eigenvalue weighted by Gasteiger charge is -2.60. The predicted octanol–water partition coefficient (Wildman–Crippen LogP) is -0.710. The van der Waals surface area contributed by atoms with Crippen LogP contribution in [0.1, 0.15) is 0 Å². The fourth-order valence-electron chi connectivity index (χ4n) is 2.14. The molecule has 3 heterocycles. The van der Waals surface area contributed by atoms with Gasteiger partial charge in [-0.2, -0.15) is 0 Å². The molecule has 0 spiro atoms. The maximum Gasteiger partial charge on any atom is 0.0870 e. The summed E-state index contributed by atoms with van der Waals surface area (Å²) in [6, 6.07) is 0.755. The van der Waals surface area contributed by atoms with Gasteiger partial charge in [-0.1, -0.05) is 0 Å². The number of rotatable bonds is 0. The smallest absolute Gasteiger partial charge is 0.0870 e. The molecule has 2 N–H and O–H groups in total. The Bertz CT molecular complexity index is 169. The Morgan fingerprint density at radius 1 is 1.50 bits per heavy atom. The van der Waals surface area contributed by atoms with Crippen molar-refractivity contribution in [3.05, 3.63) is 12.3 Å². The molecular weight excluding hydrogens is 126 g/mol. The van der Waals surface area contributed by atoms with Crippen molar-refractivity contribution >= 4 is 0 Å². The lowest BCUT2D eigenvalue weighted by atomic mass is 9.79. The van der Waals surface area contributed by atoms with Crippen molar-refractivity contribution in [2.24, 2.45) is 5.92 Å². The summed E-state index contributed by atoms with van der Waals surface area (Å²) >= 11 is 0. The summed E-state index contributed by atoms with van der Waals surface area (Å²) in [4.78, 5) is 2.39. The predicted molar refractivity (Wildman–Crippen MR) is 38.1 cm³/mol. The van der Waals surface area contributed by atoms with Gasteiger partial charge in [-0.05, 0) is 12.3 Å². The highest BCUT2D eigenvalue weighted by molar-refractivity contribution is 5.22. The van der Waals surface area contributed by atoms with Crippen LogP contribution >= 0.6 is 0 Å². The van der Waals surface area contributed by atoms with Gasteiger partial charge in [-0.15, -0.1) is 0 Å². The van der Waals surface area contributed by atoms with Crippen LogP contribution in [0.3, 0.4) is 0 Å². The lowest BCUT2D eigenvalue weighted by molar-refractivity contribution is -0.0507. The van der Waals surface area contributed by atoms with Gasteiger partial charge in [-0.3, -0.25) is 5.32 Å². The quantitative estimate of drug-likeness (QED) is 0.462. The molecule has 10 heavy (non-hydrogen) atoms. The molecule has 0 saturated carbocycles. The number of hydrogen-bond donors (Lipinski definition) is 2. The highest BCUT2D eigenvalue weighted by Crippen LogP contribution is 2.38. The van der Waals surface area contributed by atoms with E-state index in [1.807, 2.05) is 0 Å². The second-order valence-electron chi connectivity index (χ2n) is 3.22. The summed E-state index contributed by atoms with van der Waals surface area (Å²) in [6.07, 6.45) is 5.12. The average Bonchev–Trinajstić information content (AvgIpc) is 1.90. The van der Waals surface area contributed by atoms with E-state index in [1.165, 1.54) is 6.54 Å². The largest absolute Gasteiger partial charge is 0.355 e. The molecule has 2 saturated heterocycles. The van der Waals surface area contributed by atoms with Crippen LogP contribution in [0.4, 0.5) is 0 Å². The Morgan fingerprint density at radius 3 is 3.20 bits per heavy atom. The first-order chi connectivity index (χ1) is 4.97. The minimum atomic E-state index is 0.649. The molecule has 3 unspecified atom stereocenters. The third-order valence-electron chi connectivity index (χ3n) is 2.78. The molecule has 54 valence electrons. The van der Waals surface area contributed by atoms with Crippen molar-refractivity contribution in [2.45, 2.75) is 12.2 Å². The summed E-state index contributed by atoms with van der Waals surface area (Å²) < 4.78 is 0. The molecule has 0 aliphatic carbocycles. The zero-order chi connectivity index (χ0) is 6.55. The summed E-state index contributed by atoms with van der Waals surface area (Å²) in [5.41, 5.74) is 0. The minimum absolute atomic E-state index is 0.649. The molecule has 3 nitrogen and oxygen atoms in total. The van der Waals surface area contributed by atoms with Gasteiger partial charge in [0.15, 0.2) is 0 Å². The lowest BCUT2D eigenvalue weighted by Crippen LogP contribution is -2.75. The van der Waals surface area contributed by atoms with Crippen molar-refractivity contribution in [1.82, 2.24) is 15.5 Å². The first-order valence-corrected chi connectivity index (χ1v) is 3.87. The first kappa shape index (κ1) is 5.16. The highest BCUT2D eigenvalue weighted by Gasteiger charge is 2.50. The van der Waals surface area contributed by atoms with E-state index in [4.69, 9.17) is 0 Å². The molecule has 0 amide bonds. The van der Waals surface area contributed by atoms with Crippen molar-refractivity contribution in [3.8, 4) is 0 Å². The van der Waals surface area contributed by atoms with Gasteiger partial charge < -0.3 is 10.2 Å². The topological polar surface area (TPSA) is 27.3 Å². The van der Waals surface area contributed by atoms with Crippen molar-refractivity contribution in [3.63, 3.8) is 0 Å². The molecule has 3 aliphatic rings. The molecule has 3 aliphatic heterocycles. The van der Waals surface area contributed by atoms with Crippen LogP contribution in [-0.2, 0) is 0 Å². The van der Waals surface area contributed by atoms with E-state index in [0.29, 0.717) is 6.17 Å². The summed E-state index contributed by atoms with van der Waals surface area (Å²) in [5, 5.41) is 6.74. The third-order valence-corrected chi connectivity index (χ3v) is 2.78. The zero-order valence-electron chi connectivity index (χ0n) is 5.75. The van der Waals surface area contributed by atoms with Crippen LogP contribution in [0.15, 0.2) is 12.3 Å². The Balaban J connectivity index is 1.83. The second kappa shape index (κ2) is 1.54. The molecule has 2 fully saturated rings. The van der Waals surface area contributed by atoms with Crippen LogP contribution in [-0.4, -0.2) is 30.3 Å².